The lowest BCUT2D eigenvalue weighted by atomic mass is 9.60. The minimum atomic E-state index is -0.274. The van der Waals surface area contributed by atoms with Gasteiger partial charge in [0.1, 0.15) is 5.82 Å². The van der Waals surface area contributed by atoms with E-state index < -0.39 is 0 Å². The van der Waals surface area contributed by atoms with Gasteiger partial charge in [-0.05, 0) is 59.0 Å². The molecule has 1 heterocycles. The summed E-state index contributed by atoms with van der Waals surface area (Å²) in [6.45, 7) is 2.02. The number of benzene rings is 4. The second-order valence-electron chi connectivity index (χ2n) is 7.43. The Bertz CT molecular complexity index is 1180. The van der Waals surface area contributed by atoms with Crippen molar-refractivity contribution in [3.63, 3.8) is 0 Å². The van der Waals surface area contributed by atoms with Crippen molar-refractivity contribution in [1.82, 2.24) is 0 Å². The SMILES string of the molecule is Cc1c2cc(Cl)cc1-c1cc(Cl)cc(c1F)-c1ccccc1Bc1ccccc1-2. The van der Waals surface area contributed by atoms with Crippen LogP contribution in [0.15, 0.2) is 72.8 Å². The van der Waals surface area contributed by atoms with E-state index in [0.29, 0.717) is 28.5 Å². The van der Waals surface area contributed by atoms with Crippen molar-refractivity contribution in [3.8, 4) is 33.4 Å². The maximum atomic E-state index is 15.8. The van der Waals surface area contributed by atoms with Crippen LogP contribution in [0.5, 0.6) is 0 Å². The Morgan fingerprint density at radius 2 is 1.03 bits per heavy atom. The molecule has 0 unspecified atom stereocenters. The molecule has 4 heteroatoms. The van der Waals surface area contributed by atoms with Crippen LogP contribution in [0.3, 0.4) is 0 Å². The Hall–Kier alpha value is -2.55. The Morgan fingerprint density at radius 3 is 1.62 bits per heavy atom. The molecule has 0 saturated carbocycles. The first-order valence-electron chi connectivity index (χ1n) is 9.49. The molecule has 0 aromatic heterocycles. The second-order valence-corrected chi connectivity index (χ2v) is 8.30. The maximum Gasteiger partial charge on any atom is 0.193 e. The lowest BCUT2D eigenvalue weighted by molar-refractivity contribution is 0.635. The molecule has 0 atom stereocenters. The summed E-state index contributed by atoms with van der Waals surface area (Å²) in [6, 6.07) is 23.4. The molecule has 0 fully saturated rings. The zero-order chi connectivity index (χ0) is 20.1. The molecular weight excluding hydrogens is 401 g/mol. The smallest absolute Gasteiger partial charge is 0.193 e. The van der Waals surface area contributed by atoms with Crippen molar-refractivity contribution in [2.45, 2.75) is 6.92 Å². The van der Waals surface area contributed by atoms with Crippen LogP contribution in [-0.4, -0.2) is 7.28 Å². The topological polar surface area (TPSA) is 0 Å². The highest BCUT2D eigenvalue weighted by molar-refractivity contribution is 6.70. The highest BCUT2D eigenvalue weighted by Crippen LogP contribution is 2.39. The first-order chi connectivity index (χ1) is 14.0. The Kier molecular flexibility index (Phi) is 4.50. The average Bonchev–Trinajstić information content (AvgIpc) is 2.72. The zero-order valence-electron chi connectivity index (χ0n) is 15.8. The maximum absolute atomic E-state index is 15.8. The van der Waals surface area contributed by atoms with Crippen molar-refractivity contribution in [1.29, 1.82) is 0 Å². The number of rotatable bonds is 0. The number of hydrogen-bond acceptors (Lipinski definition) is 0. The Balaban J connectivity index is 1.98. The van der Waals surface area contributed by atoms with Gasteiger partial charge in [0.25, 0.3) is 0 Å². The fourth-order valence-electron chi connectivity index (χ4n) is 4.30. The summed E-state index contributed by atoms with van der Waals surface area (Å²) in [4.78, 5) is 0. The van der Waals surface area contributed by atoms with Crippen molar-refractivity contribution in [2.75, 3.05) is 0 Å². The molecule has 0 radical (unpaired) electrons. The van der Waals surface area contributed by atoms with E-state index in [4.69, 9.17) is 23.2 Å². The summed E-state index contributed by atoms with van der Waals surface area (Å²) in [5.74, 6) is -0.274. The van der Waals surface area contributed by atoms with Gasteiger partial charge in [0.2, 0.25) is 0 Å². The lowest BCUT2D eigenvalue weighted by Crippen LogP contribution is -2.30. The van der Waals surface area contributed by atoms with Crippen LogP contribution in [0, 0.1) is 12.7 Å². The van der Waals surface area contributed by atoms with E-state index in [1.165, 1.54) is 5.46 Å². The van der Waals surface area contributed by atoms with E-state index in [1.807, 2.05) is 49.4 Å². The van der Waals surface area contributed by atoms with Gasteiger partial charge < -0.3 is 0 Å². The summed E-state index contributed by atoms with van der Waals surface area (Å²) in [5, 5.41) is 1.08. The normalized spacial score (nSPS) is 11.7. The third kappa shape index (κ3) is 3.08. The summed E-state index contributed by atoms with van der Waals surface area (Å²) in [6.07, 6.45) is 0. The third-order valence-electron chi connectivity index (χ3n) is 5.70. The third-order valence-corrected chi connectivity index (χ3v) is 6.13. The standard InChI is InChI=1S/C25H16BCl2F/c1-14-19-10-15(27)11-20(14)22-13-16(28)12-21(25(22)29)18-7-3-5-9-24(18)26-23-8-4-2-6-17(19)23/h2-13,26H,1H3. The number of hydrogen-bond donors (Lipinski definition) is 0. The largest absolute Gasteiger partial charge is 0.206 e. The predicted octanol–water partition coefficient (Wildman–Crippen LogP) is 6.14. The van der Waals surface area contributed by atoms with Crippen molar-refractivity contribution >= 4 is 41.4 Å². The quantitative estimate of drug-likeness (QED) is 0.266. The van der Waals surface area contributed by atoms with E-state index in [2.05, 4.69) is 18.2 Å². The van der Waals surface area contributed by atoms with Gasteiger partial charge in [-0.3, -0.25) is 0 Å². The number of halogens is 3. The van der Waals surface area contributed by atoms with Crippen LogP contribution >= 0.6 is 23.2 Å². The van der Waals surface area contributed by atoms with Crippen LogP contribution in [0.4, 0.5) is 4.39 Å². The molecule has 0 nitrogen and oxygen atoms in total. The second kappa shape index (κ2) is 7.05. The Morgan fingerprint density at radius 1 is 0.621 bits per heavy atom. The summed E-state index contributed by atoms with van der Waals surface area (Å²) in [5.41, 5.74) is 7.98. The highest BCUT2D eigenvalue weighted by atomic mass is 35.5. The van der Waals surface area contributed by atoms with Crippen molar-refractivity contribution < 1.29 is 4.39 Å². The monoisotopic (exact) mass is 416 g/mol. The molecule has 0 amide bonds. The van der Waals surface area contributed by atoms with Gasteiger partial charge in [-0.25, -0.2) is 4.39 Å². The molecule has 140 valence electrons. The molecule has 0 aliphatic carbocycles. The Labute approximate surface area is 180 Å². The van der Waals surface area contributed by atoms with E-state index in [-0.39, 0.29) is 5.82 Å². The fourth-order valence-corrected chi connectivity index (χ4v) is 4.74. The van der Waals surface area contributed by atoms with Gasteiger partial charge in [-0.1, -0.05) is 82.7 Å². The van der Waals surface area contributed by atoms with Gasteiger partial charge in [-0.15, -0.1) is 0 Å². The first-order valence-corrected chi connectivity index (χ1v) is 10.2. The molecule has 4 aromatic rings. The molecule has 0 spiro atoms. The minimum Gasteiger partial charge on any atom is -0.206 e. The number of fused-ring (bicyclic) bond motifs is 9. The summed E-state index contributed by atoms with van der Waals surface area (Å²) < 4.78 is 15.8. The first kappa shape index (κ1) is 18.5. The highest BCUT2D eigenvalue weighted by Gasteiger charge is 2.22. The summed E-state index contributed by atoms with van der Waals surface area (Å²) in [7, 11) is 0.689. The van der Waals surface area contributed by atoms with E-state index >= 15 is 4.39 Å². The van der Waals surface area contributed by atoms with Gasteiger partial charge >= 0.3 is 0 Å². The van der Waals surface area contributed by atoms with Crippen molar-refractivity contribution in [2.24, 2.45) is 0 Å². The summed E-state index contributed by atoms with van der Waals surface area (Å²) >= 11 is 13.0. The lowest BCUT2D eigenvalue weighted by Gasteiger charge is -2.16. The van der Waals surface area contributed by atoms with Crippen LogP contribution < -0.4 is 10.9 Å². The van der Waals surface area contributed by atoms with E-state index in [0.717, 1.165) is 33.3 Å². The molecule has 4 bridgehead atoms. The van der Waals surface area contributed by atoms with Crippen molar-refractivity contribution in [3.05, 3.63) is 94.2 Å². The van der Waals surface area contributed by atoms with Gasteiger partial charge in [0.15, 0.2) is 7.28 Å². The van der Waals surface area contributed by atoms with E-state index in [9.17, 15) is 0 Å². The molecule has 0 N–H and O–H groups in total. The van der Waals surface area contributed by atoms with Crippen LogP contribution in [-0.2, 0) is 0 Å². The minimum absolute atomic E-state index is 0.274. The average molecular weight is 417 g/mol. The molecule has 4 aromatic carbocycles. The van der Waals surface area contributed by atoms with Gasteiger partial charge in [0, 0.05) is 21.2 Å². The molecule has 1 aliphatic rings. The molecule has 1 aliphatic heterocycles. The molecular formula is C25H16BCl2F. The van der Waals surface area contributed by atoms with Crippen LogP contribution in [0.1, 0.15) is 5.56 Å². The van der Waals surface area contributed by atoms with Gasteiger partial charge in [-0.2, -0.15) is 0 Å². The molecule has 29 heavy (non-hydrogen) atoms. The molecule has 0 saturated heterocycles. The fraction of sp³-hybridized carbons (Fsp3) is 0.0400. The van der Waals surface area contributed by atoms with Gasteiger partial charge in [0.05, 0.1) is 0 Å². The van der Waals surface area contributed by atoms with E-state index in [1.54, 1.807) is 12.1 Å². The van der Waals surface area contributed by atoms with Crippen LogP contribution in [0.25, 0.3) is 33.4 Å². The predicted molar refractivity (Wildman–Crippen MR) is 124 cm³/mol. The molecule has 5 rings (SSSR count). The zero-order valence-corrected chi connectivity index (χ0v) is 17.3. The van der Waals surface area contributed by atoms with Crippen LogP contribution in [0.2, 0.25) is 10.0 Å².